The molecule has 0 bridgehead atoms. The number of aliphatic imine (C=N–C) groups is 1. The van der Waals surface area contributed by atoms with Crippen molar-refractivity contribution in [1.29, 1.82) is 0 Å². The van der Waals surface area contributed by atoms with Gasteiger partial charge in [0.15, 0.2) is 5.75 Å². The summed E-state index contributed by atoms with van der Waals surface area (Å²) in [4.78, 5) is 25.2. The molecule has 6 nitrogen and oxygen atoms in total. The van der Waals surface area contributed by atoms with Crippen molar-refractivity contribution in [3.63, 3.8) is 0 Å². The van der Waals surface area contributed by atoms with Gasteiger partial charge in [0.2, 0.25) is 11.8 Å². The Labute approximate surface area is 112 Å². The van der Waals surface area contributed by atoms with Gasteiger partial charge in [0.25, 0.3) is 0 Å². The van der Waals surface area contributed by atoms with Crippen LogP contribution in [0.3, 0.4) is 0 Å². The van der Waals surface area contributed by atoms with Crippen LogP contribution in [0.15, 0.2) is 21.5 Å². The Bertz CT molecular complexity index is 700. The van der Waals surface area contributed by atoms with Gasteiger partial charge in [-0.15, -0.1) is 0 Å². The van der Waals surface area contributed by atoms with E-state index in [1.807, 2.05) is 0 Å². The summed E-state index contributed by atoms with van der Waals surface area (Å²) in [6.45, 7) is 0. The van der Waals surface area contributed by atoms with E-state index in [1.165, 1.54) is 32.4 Å². The number of esters is 1. The molecule has 0 atom stereocenters. The second-order valence-electron chi connectivity index (χ2n) is 3.46. The Morgan fingerprint density at radius 1 is 1.42 bits per heavy atom. The van der Waals surface area contributed by atoms with Gasteiger partial charge < -0.3 is 13.9 Å². The maximum Gasteiger partial charge on any atom is 0.373 e. The molecule has 0 amide bonds. The third-order valence-corrected chi connectivity index (χ3v) is 2.83. The number of methoxy groups -OCH3 is 2. The second-order valence-corrected chi connectivity index (χ2v) is 3.84. The summed E-state index contributed by atoms with van der Waals surface area (Å²) < 4.78 is 14.9. The van der Waals surface area contributed by atoms with Crippen molar-refractivity contribution in [1.82, 2.24) is 0 Å². The maximum atomic E-state index is 11.4. The van der Waals surface area contributed by atoms with Gasteiger partial charge in [-0.05, 0) is 0 Å². The smallest absolute Gasteiger partial charge is 0.373 e. The van der Waals surface area contributed by atoms with Crippen LogP contribution in [-0.2, 0) is 9.53 Å². The number of carbonyl (C=O) groups is 1. The highest BCUT2D eigenvalue weighted by Crippen LogP contribution is 2.42. The number of carbonyl (C=O) groups excluding carboxylic acids is 2. The topological polar surface area (TPSA) is 78.1 Å². The molecule has 0 saturated heterocycles. The molecule has 1 aromatic heterocycles. The highest BCUT2D eigenvalue weighted by Gasteiger charge is 2.19. The SMILES string of the molecule is COC(=O)c1cc2c(Cl)c(OC)c(N=C=O)cc2o1. The largest absolute Gasteiger partial charge is 0.493 e. The van der Waals surface area contributed by atoms with Crippen LogP contribution in [-0.4, -0.2) is 26.3 Å². The highest BCUT2D eigenvalue weighted by molar-refractivity contribution is 6.37. The highest BCUT2D eigenvalue weighted by atomic mass is 35.5. The molecule has 19 heavy (non-hydrogen) atoms. The van der Waals surface area contributed by atoms with Gasteiger partial charge in [-0.2, -0.15) is 4.99 Å². The van der Waals surface area contributed by atoms with Crippen LogP contribution in [0.2, 0.25) is 5.02 Å². The molecular weight excluding hydrogens is 274 g/mol. The number of nitrogens with zero attached hydrogens (tertiary/aromatic N) is 1. The molecule has 0 radical (unpaired) electrons. The van der Waals surface area contributed by atoms with Crippen LogP contribution >= 0.6 is 11.6 Å². The Balaban J connectivity index is 2.75. The minimum Gasteiger partial charge on any atom is -0.493 e. The molecule has 0 spiro atoms. The lowest BCUT2D eigenvalue weighted by Crippen LogP contribution is -1.97. The standard InChI is InChI=1S/C12H8ClNO5/c1-17-11-7(14-5-15)4-8-6(10(11)13)3-9(19-8)12(16)18-2/h3-4H,1-2H3. The van der Waals surface area contributed by atoms with Gasteiger partial charge in [0, 0.05) is 17.5 Å². The van der Waals surface area contributed by atoms with Crippen molar-refractivity contribution in [2.45, 2.75) is 0 Å². The zero-order valence-electron chi connectivity index (χ0n) is 10.0. The van der Waals surface area contributed by atoms with Crippen LogP contribution in [0.25, 0.3) is 11.0 Å². The zero-order chi connectivity index (χ0) is 14.0. The van der Waals surface area contributed by atoms with Gasteiger partial charge in [0.05, 0.1) is 19.2 Å². The summed E-state index contributed by atoms with van der Waals surface area (Å²) in [7, 11) is 2.62. The van der Waals surface area contributed by atoms with Crippen molar-refractivity contribution in [3.05, 3.63) is 22.9 Å². The maximum absolute atomic E-state index is 11.4. The summed E-state index contributed by atoms with van der Waals surface area (Å²) in [5, 5.41) is 0.650. The molecule has 0 saturated carbocycles. The Morgan fingerprint density at radius 2 is 2.16 bits per heavy atom. The van der Waals surface area contributed by atoms with Crippen molar-refractivity contribution < 1.29 is 23.5 Å². The molecule has 0 N–H and O–H groups in total. The van der Waals surface area contributed by atoms with E-state index in [-0.39, 0.29) is 22.2 Å². The predicted molar refractivity (Wildman–Crippen MR) is 66.9 cm³/mol. The van der Waals surface area contributed by atoms with E-state index in [9.17, 15) is 9.59 Å². The monoisotopic (exact) mass is 281 g/mol. The Morgan fingerprint density at radius 3 is 2.74 bits per heavy atom. The van der Waals surface area contributed by atoms with Crippen LogP contribution in [0, 0.1) is 0 Å². The van der Waals surface area contributed by atoms with Gasteiger partial charge >= 0.3 is 5.97 Å². The van der Waals surface area contributed by atoms with Crippen molar-refractivity contribution in [2.75, 3.05) is 14.2 Å². The van der Waals surface area contributed by atoms with Crippen molar-refractivity contribution in [3.8, 4) is 5.75 Å². The molecule has 0 unspecified atom stereocenters. The average Bonchev–Trinajstić information content (AvgIpc) is 2.83. The summed E-state index contributed by atoms with van der Waals surface area (Å²) >= 11 is 6.12. The predicted octanol–water partition coefficient (Wildman–Crippen LogP) is 2.85. The molecule has 0 aliphatic heterocycles. The van der Waals surface area contributed by atoms with Gasteiger partial charge in [-0.25, -0.2) is 9.59 Å². The minimum atomic E-state index is -0.633. The fraction of sp³-hybridized carbons (Fsp3) is 0.167. The molecule has 2 rings (SSSR count). The van der Waals surface area contributed by atoms with Crippen molar-refractivity contribution in [2.24, 2.45) is 4.99 Å². The molecule has 1 aromatic carbocycles. The third-order valence-electron chi connectivity index (χ3n) is 2.45. The van der Waals surface area contributed by atoms with E-state index in [4.69, 9.17) is 20.8 Å². The van der Waals surface area contributed by atoms with Crippen LogP contribution in [0.4, 0.5) is 5.69 Å². The molecule has 0 aliphatic rings. The Hall–Kier alpha value is -2.30. The van der Waals surface area contributed by atoms with Gasteiger partial charge in [-0.1, -0.05) is 11.6 Å². The first-order valence-corrected chi connectivity index (χ1v) is 5.46. The minimum absolute atomic E-state index is 0.00585. The van der Waals surface area contributed by atoms with E-state index in [0.29, 0.717) is 11.0 Å². The summed E-state index contributed by atoms with van der Waals surface area (Å²) in [5.41, 5.74) is 0.459. The third kappa shape index (κ3) is 2.19. The molecule has 0 fully saturated rings. The number of fused-ring (bicyclic) bond motifs is 1. The zero-order valence-corrected chi connectivity index (χ0v) is 10.8. The number of hydrogen-bond donors (Lipinski definition) is 0. The first kappa shape index (κ1) is 13.1. The molecule has 2 aromatic rings. The number of isocyanates is 1. The summed E-state index contributed by atoms with van der Waals surface area (Å²) in [6.07, 6.45) is 1.39. The number of benzene rings is 1. The molecule has 1 heterocycles. The number of rotatable bonds is 3. The van der Waals surface area contributed by atoms with E-state index in [0.717, 1.165) is 0 Å². The number of ether oxygens (including phenoxy) is 2. The second kappa shape index (κ2) is 5.14. The van der Waals surface area contributed by atoms with E-state index in [2.05, 4.69) is 9.73 Å². The summed E-state index contributed by atoms with van der Waals surface area (Å²) in [5.74, 6) is -0.435. The average molecular weight is 282 g/mol. The quantitative estimate of drug-likeness (QED) is 0.491. The van der Waals surface area contributed by atoms with E-state index in [1.54, 1.807) is 0 Å². The summed E-state index contributed by atoms with van der Waals surface area (Å²) in [6, 6.07) is 2.86. The lowest BCUT2D eigenvalue weighted by molar-refractivity contribution is 0.0567. The van der Waals surface area contributed by atoms with Crippen LogP contribution < -0.4 is 4.74 Å². The van der Waals surface area contributed by atoms with E-state index >= 15 is 0 Å². The fourth-order valence-corrected chi connectivity index (χ4v) is 1.96. The molecule has 7 heteroatoms. The lowest BCUT2D eigenvalue weighted by Gasteiger charge is -2.05. The normalized spacial score (nSPS) is 10.1. The van der Waals surface area contributed by atoms with Crippen LogP contribution in [0.5, 0.6) is 5.75 Å². The molecular formula is C12H8ClNO5. The number of furan rings is 1. The van der Waals surface area contributed by atoms with Crippen LogP contribution in [0.1, 0.15) is 10.6 Å². The van der Waals surface area contributed by atoms with Crippen molar-refractivity contribution >= 4 is 40.3 Å². The first-order valence-electron chi connectivity index (χ1n) is 5.08. The van der Waals surface area contributed by atoms with E-state index < -0.39 is 5.97 Å². The number of hydrogen-bond acceptors (Lipinski definition) is 6. The fourth-order valence-electron chi connectivity index (χ4n) is 1.64. The number of halogens is 1. The van der Waals surface area contributed by atoms with Gasteiger partial charge in [-0.3, -0.25) is 0 Å². The Kier molecular flexibility index (Phi) is 3.55. The molecule has 0 aliphatic carbocycles. The first-order chi connectivity index (χ1) is 9.12. The lowest BCUT2D eigenvalue weighted by atomic mass is 10.2. The van der Waals surface area contributed by atoms with Gasteiger partial charge in [0.1, 0.15) is 11.3 Å². The molecule has 98 valence electrons.